The predicted octanol–water partition coefficient (Wildman–Crippen LogP) is 1.96. The monoisotopic (exact) mass is 278 g/mol. The quantitative estimate of drug-likeness (QED) is 0.633. The predicted molar refractivity (Wildman–Crippen MR) is 74.9 cm³/mol. The van der Waals surface area contributed by atoms with Gasteiger partial charge in [0.25, 0.3) is 0 Å². The average Bonchev–Trinajstić information content (AvgIpc) is 2.66. The summed E-state index contributed by atoms with van der Waals surface area (Å²) in [6.07, 6.45) is 8.59. The molecule has 1 saturated heterocycles. The number of hydrogen-bond donors (Lipinski definition) is 1. The highest BCUT2D eigenvalue weighted by molar-refractivity contribution is 5.78. The van der Waals surface area contributed by atoms with Crippen LogP contribution in [0.2, 0.25) is 0 Å². The molecule has 2 rings (SSSR count). The van der Waals surface area contributed by atoms with Crippen LogP contribution in [0.15, 0.2) is 11.6 Å². The van der Waals surface area contributed by atoms with E-state index >= 15 is 0 Å². The van der Waals surface area contributed by atoms with E-state index in [-0.39, 0.29) is 12.9 Å². The summed E-state index contributed by atoms with van der Waals surface area (Å²) in [5, 5.41) is 10.5. The van der Waals surface area contributed by atoms with E-state index < -0.39 is 5.60 Å². The van der Waals surface area contributed by atoms with Gasteiger partial charge in [0.2, 0.25) is 0 Å². The van der Waals surface area contributed by atoms with Crippen LogP contribution in [0.1, 0.15) is 44.9 Å². The molecule has 20 heavy (non-hydrogen) atoms. The van der Waals surface area contributed by atoms with E-state index in [0.717, 1.165) is 45.1 Å². The van der Waals surface area contributed by atoms with Gasteiger partial charge in [0.05, 0.1) is 0 Å². The summed E-state index contributed by atoms with van der Waals surface area (Å²) < 4.78 is 10.9. The van der Waals surface area contributed by atoms with Crippen molar-refractivity contribution in [3.05, 3.63) is 11.6 Å². The van der Waals surface area contributed by atoms with E-state index in [1.165, 1.54) is 0 Å². The Hall–Kier alpha value is -1.15. The summed E-state index contributed by atoms with van der Waals surface area (Å²) in [6.45, 7) is 0.958. The Balaban J connectivity index is 1.89. The second kappa shape index (κ2) is 7.58. The lowest BCUT2D eigenvalue weighted by Crippen LogP contribution is -2.30. The highest BCUT2D eigenvalue weighted by Crippen LogP contribution is 2.26. The molecule has 4 heteroatoms. The van der Waals surface area contributed by atoms with Crippen molar-refractivity contribution >= 4 is 6.29 Å². The number of carbonyl (C=O) groups excluding carboxylic acids is 1. The second-order valence-corrected chi connectivity index (χ2v) is 5.29. The fourth-order valence-electron chi connectivity index (χ4n) is 2.54. The van der Waals surface area contributed by atoms with Gasteiger partial charge in [-0.15, -0.1) is 0 Å². The van der Waals surface area contributed by atoms with Gasteiger partial charge in [-0.05, 0) is 44.9 Å². The molecule has 0 aromatic carbocycles. The second-order valence-electron chi connectivity index (χ2n) is 5.29. The molecular formula is C16H22O4. The Morgan fingerprint density at radius 1 is 1.45 bits per heavy atom. The molecule has 0 bridgehead atoms. The highest BCUT2D eigenvalue weighted by Gasteiger charge is 2.30. The minimum atomic E-state index is -1.31. The van der Waals surface area contributed by atoms with Gasteiger partial charge in [-0.1, -0.05) is 17.9 Å². The first-order chi connectivity index (χ1) is 9.74. The Morgan fingerprint density at radius 3 is 3.10 bits per heavy atom. The van der Waals surface area contributed by atoms with Crippen molar-refractivity contribution in [2.24, 2.45) is 0 Å². The zero-order valence-electron chi connectivity index (χ0n) is 11.8. The lowest BCUT2D eigenvalue weighted by atomic mass is 9.91. The Morgan fingerprint density at radius 2 is 2.35 bits per heavy atom. The molecule has 0 amide bonds. The van der Waals surface area contributed by atoms with Gasteiger partial charge in [0.15, 0.2) is 11.9 Å². The van der Waals surface area contributed by atoms with Crippen LogP contribution in [-0.2, 0) is 14.3 Å². The molecule has 0 radical (unpaired) electrons. The van der Waals surface area contributed by atoms with Crippen molar-refractivity contribution in [3.8, 4) is 11.8 Å². The highest BCUT2D eigenvalue weighted by atomic mass is 16.7. The number of carbonyl (C=O) groups is 1. The van der Waals surface area contributed by atoms with Crippen LogP contribution in [0, 0.1) is 11.8 Å². The van der Waals surface area contributed by atoms with E-state index in [2.05, 4.69) is 11.8 Å². The summed E-state index contributed by atoms with van der Waals surface area (Å²) in [7, 11) is 0. The first-order valence-electron chi connectivity index (χ1n) is 7.36. The standard InChI is InChI=1S/C16H22O4/c17-13-14-7-2-1-4-9-16(14,18)10-6-12-20-15-8-3-5-11-19-15/h7,13,15,18H,1-5,8-9,11-12H2/t15?,16-/m0/s1. The zero-order chi connectivity index (χ0) is 14.3. The first kappa shape index (κ1) is 15.2. The molecule has 1 unspecified atom stereocenters. The van der Waals surface area contributed by atoms with Crippen LogP contribution >= 0.6 is 0 Å². The maximum atomic E-state index is 11.1. The number of ether oxygens (including phenoxy) is 2. The van der Waals surface area contributed by atoms with Gasteiger partial charge in [-0.25, -0.2) is 0 Å². The molecule has 1 aliphatic heterocycles. The Kier molecular flexibility index (Phi) is 5.78. The van der Waals surface area contributed by atoms with E-state index in [9.17, 15) is 9.90 Å². The normalized spacial score (nSPS) is 30.6. The number of aldehydes is 1. The molecule has 0 saturated carbocycles. The largest absolute Gasteiger partial charge is 0.373 e. The van der Waals surface area contributed by atoms with Crippen molar-refractivity contribution in [3.63, 3.8) is 0 Å². The van der Waals surface area contributed by atoms with Crippen LogP contribution in [0.4, 0.5) is 0 Å². The molecular weight excluding hydrogens is 256 g/mol. The van der Waals surface area contributed by atoms with E-state index in [1.807, 2.05) is 0 Å². The summed E-state index contributed by atoms with van der Waals surface area (Å²) in [5.41, 5.74) is -0.925. The van der Waals surface area contributed by atoms with Crippen LogP contribution in [-0.4, -0.2) is 36.5 Å². The molecule has 0 aromatic heterocycles. The van der Waals surface area contributed by atoms with Crippen molar-refractivity contribution in [2.45, 2.75) is 56.8 Å². The molecule has 2 atom stereocenters. The Bertz CT molecular complexity index is 412. The van der Waals surface area contributed by atoms with Crippen LogP contribution in [0.25, 0.3) is 0 Å². The summed E-state index contributed by atoms with van der Waals surface area (Å²) in [5.74, 6) is 5.64. The van der Waals surface area contributed by atoms with Gasteiger partial charge in [0, 0.05) is 12.2 Å². The fourth-order valence-corrected chi connectivity index (χ4v) is 2.54. The summed E-state index contributed by atoms with van der Waals surface area (Å²) in [6, 6.07) is 0. The van der Waals surface area contributed by atoms with Gasteiger partial charge >= 0.3 is 0 Å². The summed E-state index contributed by atoms with van der Waals surface area (Å²) >= 11 is 0. The third kappa shape index (κ3) is 4.17. The van der Waals surface area contributed by atoms with E-state index in [4.69, 9.17) is 9.47 Å². The van der Waals surface area contributed by atoms with Crippen molar-refractivity contribution in [1.82, 2.24) is 0 Å². The molecule has 1 N–H and O–H groups in total. The topological polar surface area (TPSA) is 55.8 Å². The van der Waals surface area contributed by atoms with Crippen LogP contribution in [0.5, 0.6) is 0 Å². The van der Waals surface area contributed by atoms with Gasteiger partial charge < -0.3 is 14.6 Å². The molecule has 1 aliphatic carbocycles. The molecule has 0 spiro atoms. The van der Waals surface area contributed by atoms with Gasteiger partial charge in [-0.3, -0.25) is 4.79 Å². The smallest absolute Gasteiger partial charge is 0.158 e. The van der Waals surface area contributed by atoms with Gasteiger partial charge in [0.1, 0.15) is 12.9 Å². The maximum Gasteiger partial charge on any atom is 0.158 e. The molecule has 1 fully saturated rings. The summed E-state index contributed by atoms with van der Waals surface area (Å²) in [4.78, 5) is 11.1. The molecule has 0 aromatic rings. The molecule has 1 heterocycles. The lowest BCUT2D eigenvalue weighted by molar-refractivity contribution is -0.154. The number of hydrogen-bond acceptors (Lipinski definition) is 4. The van der Waals surface area contributed by atoms with E-state index in [1.54, 1.807) is 6.08 Å². The zero-order valence-corrected chi connectivity index (χ0v) is 11.8. The number of allylic oxidation sites excluding steroid dienone is 1. The third-order valence-corrected chi connectivity index (χ3v) is 3.74. The average molecular weight is 278 g/mol. The number of rotatable bonds is 3. The van der Waals surface area contributed by atoms with Gasteiger partial charge in [-0.2, -0.15) is 0 Å². The molecule has 4 nitrogen and oxygen atoms in total. The minimum absolute atomic E-state index is 0.178. The molecule has 110 valence electrons. The minimum Gasteiger partial charge on any atom is -0.373 e. The Labute approximate surface area is 120 Å². The van der Waals surface area contributed by atoms with Crippen molar-refractivity contribution in [2.75, 3.05) is 13.2 Å². The fraction of sp³-hybridized carbons (Fsp3) is 0.688. The van der Waals surface area contributed by atoms with Crippen LogP contribution in [0.3, 0.4) is 0 Å². The maximum absolute atomic E-state index is 11.1. The van der Waals surface area contributed by atoms with Crippen molar-refractivity contribution in [1.29, 1.82) is 0 Å². The third-order valence-electron chi connectivity index (χ3n) is 3.74. The molecule has 2 aliphatic rings. The van der Waals surface area contributed by atoms with Crippen molar-refractivity contribution < 1.29 is 19.4 Å². The van der Waals surface area contributed by atoms with E-state index in [0.29, 0.717) is 18.3 Å². The lowest BCUT2D eigenvalue weighted by Gasteiger charge is -2.22. The SMILES string of the molecule is O=CC1=CCCCC[C@]1(O)C#CCOC1CCCCO1. The van der Waals surface area contributed by atoms with Crippen LogP contribution < -0.4 is 0 Å². The first-order valence-corrected chi connectivity index (χ1v) is 7.36. The number of aliphatic hydroxyl groups is 1.